The highest BCUT2D eigenvalue weighted by atomic mass is 16.5. The molecule has 0 amide bonds. The van der Waals surface area contributed by atoms with E-state index in [0.29, 0.717) is 5.92 Å². The molecule has 0 aromatic carbocycles. The van der Waals surface area contributed by atoms with Crippen molar-refractivity contribution < 1.29 is 9.53 Å². The summed E-state index contributed by atoms with van der Waals surface area (Å²) in [6.07, 6.45) is 5.59. The maximum absolute atomic E-state index is 11.8. The molecule has 0 saturated heterocycles. The highest BCUT2D eigenvalue weighted by molar-refractivity contribution is 5.76. The average Bonchev–Trinajstić information content (AvgIpc) is 2.30. The van der Waals surface area contributed by atoms with E-state index in [4.69, 9.17) is 10.5 Å². The maximum Gasteiger partial charge on any atom is 0.323 e. The fourth-order valence-corrected chi connectivity index (χ4v) is 2.17. The molecule has 0 heterocycles. The van der Waals surface area contributed by atoms with Crippen molar-refractivity contribution in [3.63, 3.8) is 0 Å². The third-order valence-corrected chi connectivity index (χ3v) is 3.83. The lowest BCUT2D eigenvalue weighted by molar-refractivity contribution is -0.156. The first-order valence-corrected chi connectivity index (χ1v) is 6.52. The molecule has 0 radical (unpaired) electrons. The average molecular weight is 227 g/mol. The Hall–Kier alpha value is -0.570. The Bertz CT molecular complexity index is 230. The second-order valence-electron chi connectivity index (χ2n) is 5.15. The molecule has 2 N–H and O–H groups in total. The molecule has 4 atom stereocenters. The van der Waals surface area contributed by atoms with Gasteiger partial charge in [0.05, 0.1) is 0 Å². The van der Waals surface area contributed by atoms with Crippen molar-refractivity contribution in [1.82, 2.24) is 0 Å². The van der Waals surface area contributed by atoms with Gasteiger partial charge < -0.3 is 10.5 Å². The van der Waals surface area contributed by atoms with E-state index in [-0.39, 0.29) is 18.0 Å². The van der Waals surface area contributed by atoms with Gasteiger partial charge in [0.2, 0.25) is 0 Å². The minimum Gasteiger partial charge on any atom is -0.461 e. The largest absolute Gasteiger partial charge is 0.461 e. The molecule has 0 bridgehead atoms. The first kappa shape index (κ1) is 13.5. The van der Waals surface area contributed by atoms with Crippen LogP contribution in [0.5, 0.6) is 0 Å². The Kier molecular flexibility index (Phi) is 5.26. The van der Waals surface area contributed by atoms with Crippen molar-refractivity contribution in [2.75, 3.05) is 0 Å². The number of carbonyl (C=O) groups excluding carboxylic acids is 1. The fourth-order valence-electron chi connectivity index (χ4n) is 2.17. The van der Waals surface area contributed by atoms with Crippen LogP contribution in [0.2, 0.25) is 0 Å². The highest BCUT2D eigenvalue weighted by Crippen LogP contribution is 2.26. The van der Waals surface area contributed by atoms with E-state index in [1.165, 1.54) is 12.8 Å². The summed E-state index contributed by atoms with van der Waals surface area (Å²) in [6, 6.07) is -0.459. The molecule has 3 nitrogen and oxygen atoms in total. The van der Waals surface area contributed by atoms with Crippen LogP contribution in [0.1, 0.15) is 52.9 Å². The summed E-state index contributed by atoms with van der Waals surface area (Å²) < 4.78 is 5.52. The van der Waals surface area contributed by atoms with Crippen LogP contribution in [-0.2, 0) is 9.53 Å². The van der Waals surface area contributed by atoms with Gasteiger partial charge in [0.25, 0.3) is 0 Å². The number of esters is 1. The number of hydrogen-bond donors (Lipinski definition) is 1. The molecule has 1 aliphatic carbocycles. The van der Waals surface area contributed by atoms with Crippen molar-refractivity contribution in [2.24, 2.45) is 17.6 Å². The maximum atomic E-state index is 11.8. The molecule has 94 valence electrons. The topological polar surface area (TPSA) is 52.3 Å². The highest BCUT2D eigenvalue weighted by Gasteiger charge is 2.28. The van der Waals surface area contributed by atoms with E-state index >= 15 is 0 Å². The van der Waals surface area contributed by atoms with Gasteiger partial charge >= 0.3 is 5.97 Å². The summed E-state index contributed by atoms with van der Waals surface area (Å²) in [5.41, 5.74) is 5.86. The summed E-state index contributed by atoms with van der Waals surface area (Å²) in [6.45, 7) is 6.20. The van der Waals surface area contributed by atoms with E-state index in [2.05, 4.69) is 6.92 Å². The Morgan fingerprint density at radius 3 is 2.62 bits per heavy atom. The standard InChI is InChI=1S/C13H25NO2/c1-4-9(2)12(14)13(15)16-11-8-6-5-7-10(11)3/h9-12H,4-8,14H2,1-3H3. The van der Waals surface area contributed by atoms with Crippen molar-refractivity contribution in [1.29, 1.82) is 0 Å². The molecule has 0 aromatic rings. The zero-order chi connectivity index (χ0) is 12.1. The number of hydrogen-bond acceptors (Lipinski definition) is 3. The molecule has 1 rings (SSSR count). The van der Waals surface area contributed by atoms with Crippen LogP contribution in [0, 0.1) is 11.8 Å². The molecule has 0 spiro atoms. The van der Waals surface area contributed by atoms with Crippen molar-refractivity contribution >= 4 is 5.97 Å². The van der Waals surface area contributed by atoms with Gasteiger partial charge in [-0.3, -0.25) is 4.79 Å². The van der Waals surface area contributed by atoms with Gasteiger partial charge in [-0.1, -0.05) is 33.6 Å². The predicted octanol–water partition coefficient (Wildman–Crippen LogP) is 2.48. The van der Waals surface area contributed by atoms with Gasteiger partial charge in [-0.25, -0.2) is 0 Å². The van der Waals surface area contributed by atoms with E-state index in [1.54, 1.807) is 0 Å². The summed E-state index contributed by atoms with van der Waals surface area (Å²) >= 11 is 0. The number of ether oxygens (including phenoxy) is 1. The third kappa shape index (κ3) is 3.48. The summed E-state index contributed by atoms with van der Waals surface area (Å²) in [5, 5.41) is 0. The van der Waals surface area contributed by atoms with Crippen LogP contribution in [0.4, 0.5) is 0 Å². The Balaban J connectivity index is 2.43. The van der Waals surface area contributed by atoms with Gasteiger partial charge in [-0.2, -0.15) is 0 Å². The smallest absolute Gasteiger partial charge is 0.323 e. The first-order valence-electron chi connectivity index (χ1n) is 6.52. The van der Waals surface area contributed by atoms with Crippen LogP contribution in [0.25, 0.3) is 0 Å². The minimum atomic E-state index is -0.459. The molecule has 1 fully saturated rings. The zero-order valence-corrected chi connectivity index (χ0v) is 10.7. The Labute approximate surface area is 98.7 Å². The Morgan fingerprint density at radius 1 is 1.44 bits per heavy atom. The lowest BCUT2D eigenvalue weighted by atomic mass is 9.88. The molecule has 4 unspecified atom stereocenters. The molecular weight excluding hydrogens is 202 g/mol. The van der Waals surface area contributed by atoms with Crippen LogP contribution < -0.4 is 5.73 Å². The molecule has 1 aliphatic rings. The van der Waals surface area contributed by atoms with Crippen LogP contribution in [0.15, 0.2) is 0 Å². The second-order valence-corrected chi connectivity index (χ2v) is 5.15. The summed E-state index contributed by atoms with van der Waals surface area (Å²) in [4.78, 5) is 11.8. The second kappa shape index (κ2) is 6.24. The van der Waals surface area contributed by atoms with E-state index < -0.39 is 6.04 Å². The normalized spacial score (nSPS) is 29.5. The molecule has 0 aliphatic heterocycles. The Morgan fingerprint density at radius 2 is 2.06 bits per heavy atom. The van der Waals surface area contributed by atoms with E-state index in [1.807, 2.05) is 13.8 Å². The van der Waals surface area contributed by atoms with Crippen LogP contribution in [0.3, 0.4) is 0 Å². The van der Waals surface area contributed by atoms with E-state index in [0.717, 1.165) is 19.3 Å². The lowest BCUT2D eigenvalue weighted by Gasteiger charge is -2.30. The number of nitrogens with two attached hydrogens (primary N) is 1. The molecular formula is C13H25NO2. The lowest BCUT2D eigenvalue weighted by Crippen LogP contribution is -2.41. The summed E-state index contributed by atoms with van der Waals surface area (Å²) in [7, 11) is 0. The number of carbonyl (C=O) groups is 1. The molecule has 3 heteroatoms. The molecule has 16 heavy (non-hydrogen) atoms. The van der Waals surface area contributed by atoms with Gasteiger partial charge in [0.1, 0.15) is 12.1 Å². The first-order chi connectivity index (χ1) is 7.56. The monoisotopic (exact) mass is 227 g/mol. The summed E-state index contributed by atoms with van der Waals surface area (Å²) in [5.74, 6) is 0.473. The zero-order valence-electron chi connectivity index (χ0n) is 10.7. The van der Waals surface area contributed by atoms with Gasteiger partial charge in [0.15, 0.2) is 0 Å². The predicted molar refractivity (Wildman–Crippen MR) is 64.9 cm³/mol. The van der Waals surface area contributed by atoms with Gasteiger partial charge in [0, 0.05) is 0 Å². The number of rotatable bonds is 4. The molecule has 1 saturated carbocycles. The van der Waals surface area contributed by atoms with Crippen LogP contribution in [-0.4, -0.2) is 18.1 Å². The van der Waals surface area contributed by atoms with Crippen molar-refractivity contribution in [2.45, 2.75) is 65.0 Å². The van der Waals surface area contributed by atoms with Crippen molar-refractivity contribution in [3.8, 4) is 0 Å². The SMILES string of the molecule is CCC(C)C(N)C(=O)OC1CCCCC1C. The quantitative estimate of drug-likeness (QED) is 0.751. The van der Waals surface area contributed by atoms with Crippen LogP contribution >= 0.6 is 0 Å². The third-order valence-electron chi connectivity index (χ3n) is 3.83. The molecule has 0 aromatic heterocycles. The van der Waals surface area contributed by atoms with E-state index in [9.17, 15) is 4.79 Å². The fraction of sp³-hybridized carbons (Fsp3) is 0.923. The van der Waals surface area contributed by atoms with Crippen molar-refractivity contribution in [3.05, 3.63) is 0 Å². The van der Waals surface area contributed by atoms with Gasteiger partial charge in [-0.05, 0) is 31.1 Å². The minimum absolute atomic E-state index is 0.0938. The van der Waals surface area contributed by atoms with Gasteiger partial charge in [-0.15, -0.1) is 0 Å².